The molecule has 2 N–H and O–H groups in total. The predicted octanol–water partition coefficient (Wildman–Crippen LogP) is 9.13. The maximum atomic E-state index is 14.6. The number of ether oxygens (including phenoxy) is 2. The summed E-state index contributed by atoms with van der Waals surface area (Å²) >= 11 is 0. The fourth-order valence-electron chi connectivity index (χ4n) is 6.92. The number of phenolic OH excluding ortho intramolecular Hbond substituents is 2. The van der Waals surface area contributed by atoms with Crippen LogP contribution in [0.5, 0.6) is 23.0 Å². The van der Waals surface area contributed by atoms with Gasteiger partial charge in [-0.1, -0.05) is 36.4 Å². The summed E-state index contributed by atoms with van der Waals surface area (Å²) in [5.74, 6) is 1.19. The van der Waals surface area contributed by atoms with Crippen molar-refractivity contribution in [2.24, 2.45) is 0 Å². The van der Waals surface area contributed by atoms with Crippen LogP contribution in [0.4, 0.5) is 0 Å². The molecule has 0 saturated heterocycles. The quantitative estimate of drug-likeness (QED) is 0.118. The second-order valence-corrected chi connectivity index (χ2v) is 18.6. The van der Waals surface area contributed by atoms with Crippen LogP contribution in [0, 0.1) is 0 Å². The molecular formula is C42H54O10P2. The molecule has 0 heterocycles. The Morgan fingerprint density at radius 3 is 0.907 bits per heavy atom. The monoisotopic (exact) mass is 780 g/mol. The molecule has 0 aromatic heterocycles. The first kappa shape index (κ1) is 41.5. The van der Waals surface area contributed by atoms with Crippen LogP contribution in [0.3, 0.4) is 0 Å². The number of rotatable bonds is 12. The lowest BCUT2D eigenvalue weighted by atomic mass is 9.91. The molecule has 5 rings (SSSR count). The van der Waals surface area contributed by atoms with Crippen molar-refractivity contribution in [3.8, 4) is 23.0 Å². The average Bonchev–Trinajstić information content (AvgIpc) is 3.06. The van der Waals surface area contributed by atoms with Gasteiger partial charge in [-0.15, -0.1) is 0 Å². The number of para-hydroxylation sites is 2. The molecule has 10 nitrogen and oxygen atoms in total. The number of aromatic hydroxyl groups is 2. The molecule has 8 bridgehead atoms. The van der Waals surface area contributed by atoms with Crippen LogP contribution in [0.1, 0.15) is 99.9 Å². The van der Waals surface area contributed by atoms with E-state index in [1.807, 2.05) is 36.4 Å². The number of methoxy groups -OCH3 is 2. The molecule has 12 heteroatoms. The van der Waals surface area contributed by atoms with Gasteiger partial charge in [-0.25, -0.2) is 0 Å². The van der Waals surface area contributed by atoms with E-state index in [-0.39, 0.29) is 37.2 Å². The summed E-state index contributed by atoms with van der Waals surface area (Å²) in [5.41, 5.74) is 5.01. The first-order valence-electron chi connectivity index (χ1n) is 18.4. The second kappa shape index (κ2) is 17.0. The maximum absolute atomic E-state index is 14.6. The largest absolute Gasteiger partial charge is 0.507 e. The Bertz CT molecular complexity index is 1800. The van der Waals surface area contributed by atoms with E-state index in [1.54, 1.807) is 93.9 Å². The average molecular weight is 781 g/mol. The molecule has 1 aliphatic carbocycles. The Labute approximate surface area is 319 Å². The van der Waals surface area contributed by atoms with E-state index in [1.165, 1.54) is 0 Å². The van der Waals surface area contributed by atoms with Gasteiger partial charge < -0.3 is 37.8 Å². The molecule has 54 heavy (non-hydrogen) atoms. The number of benzene rings is 4. The molecule has 0 saturated carbocycles. The van der Waals surface area contributed by atoms with Gasteiger partial charge in [-0.2, -0.15) is 0 Å². The third kappa shape index (κ3) is 9.25. The third-order valence-corrected chi connectivity index (χ3v) is 13.4. The fraction of sp³-hybridized carbons (Fsp3) is 0.429. The number of phenols is 2. The van der Waals surface area contributed by atoms with E-state index in [0.717, 1.165) is 22.3 Å². The topological polar surface area (TPSA) is 130 Å². The Kier molecular flexibility index (Phi) is 13.1. The van der Waals surface area contributed by atoms with Crippen LogP contribution in [-0.2, 0) is 52.9 Å². The summed E-state index contributed by atoms with van der Waals surface area (Å²) in [4.78, 5) is 0. The second-order valence-electron chi connectivity index (χ2n) is 14.8. The Hall–Kier alpha value is -3.62. The first-order valence-corrected chi connectivity index (χ1v) is 21.5. The highest BCUT2D eigenvalue weighted by Gasteiger charge is 2.34. The molecule has 1 aliphatic rings. The van der Waals surface area contributed by atoms with Crippen molar-refractivity contribution >= 4 is 25.8 Å². The lowest BCUT2D eigenvalue weighted by Gasteiger charge is -2.25. The van der Waals surface area contributed by atoms with E-state index in [2.05, 4.69) is 0 Å². The van der Waals surface area contributed by atoms with Crippen molar-refractivity contribution in [2.45, 2.75) is 105 Å². The van der Waals surface area contributed by atoms with Crippen molar-refractivity contribution in [1.29, 1.82) is 0 Å². The number of fused-ring (bicyclic) bond motifs is 8. The molecule has 4 aromatic carbocycles. The minimum Gasteiger partial charge on any atom is -0.507 e. The van der Waals surface area contributed by atoms with Crippen molar-refractivity contribution in [1.82, 2.24) is 0 Å². The lowest BCUT2D eigenvalue weighted by Crippen LogP contribution is -2.19. The van der Waals surface area contributed by atoms with Crippen LogP contribution in [-0.4, -0.2) is 48.8 Å². The Morgan fingerprint density at radius 2 is 0.704 bits per heavy atom. The Balaban J connectivity index is 1.81. The summed E-state index contributed by atoms with van der Waals surface area (Å²) in [6.07, 6.45) is -0.750. The number of hydrogen-bond acceptors (Lipinski definition) is 10. The minimum atomic E-state index is -3.85. The van der Waals surface area contributed by atoms with Gasteiger partial charge >= 0.3 is 15.2 Å². The fourth-order valence-corrected chi connectivity index (χ4v) is 11.0. The molecule has 0 unspecified atom stereocenters. The van der Waals surface area contributed by atoms with Gasteiger partial charge in [0.15, 0.2) is 0 Å². The van der Waals surface area contributed by atoms with Crippen LogP contribution in [0.25, 0.3) is 0 Å². The highest BCUT2D eigenvalue weighted by molar-refractivity contribution is 7.62. The summed E-state index contributed by atoms with van der Waals surface area (Å²) in [7, 11) is -4.56. The lowest BCUT2D eigenvalue weighted by molar-refractivity contribution is 0.149. The van der Waals surface area contributed by atoms with Crippen molar-refractivity contribution in [2.75, 3.05) is 14.2 Å². The van der Waals surface area contributed by atoms with Crippen LogP contribution in [0.15, 0.2) is 60.7 Å². The normalized spacial score (nSPS) is 13.6. The van der Waals surface area contributed by atoms with Gasteiger partial charge in [-0.05, 0) is 124 Å². The van der Waals surface area contributed by atoms with Gasteiger partial charge in [0.05, 0.1) is 49.2 Å². The summed E-state index contributed by atoms with van der Waals surface area (Å²) in [6, 6.07) is 18.2. The van der Waals surface area contributed by atoms with Gasteiger partial charge in [0.2, 0.25) is 0 Å². The maximum Gasteiger partial charge on any atom is 0.361 e. The van der Waals surface area contributed by atoms with Crippen LogP contribution in [0.2, 0.25) is 0 Å². The zero-order valence-electron chi connectivity index (χ0n) is 33.0. The summed E-state index contributed by atoms with van der Waals surface area (Å²) in [6.45, 7) is 14.4. The van der Waals surface area contributed by atoms with E-state index in [0.29, 0.717) is 44.4 Å². The number of hydrogen-bond donors (Lipinski definition) is 2. The molecular weight excluding hydrogens is 726 g/mol. The first-order chi connectivity index (χ1) is 25.5. The van der Waals surface area contributed by atoms with E-state index in [4.69, 9.17) is 27.6 Å². The standard InChI is InChI=1S/C42H54O10P2/c1-25(2)49-53(45,50-26(3)4)37-21-33-17-29-13-11-15-31(41(29)47-9)19-35-23-38(54(46,51-27(5)6)52-28(7)8)24-36(40(35)44)20-32-16-12-14-30(42(32)48-10)18-34(22-37)39(33)43/h11-16,21-28,43-44H,17-20H2,1-10H3. The van der Waals surface area contributed by atoms with E-state index < -0.39 is 39.6 Å². The summed E-state index contributed by atoms with van der Waals surface area (Å²) < 4.78 is 65.2. The molecule has 0 fully saturated rings. The van der Waals surface area contributed by atoms with E-state index >= 15 is 0 Å². The highest BCUT2D eigenvalue weighted by Crippen LogP contribution is 2.52. The zero-order chi connectivity index (χ0) is 39.5. The SMILES string of the molecule is COc1c2cccc1Cc1cc(P(=O)(OC(C)C)OC(C)C)cc(c1O)Cc1cccc(c1OC)Cc1cc(P(=O)(OC(C)C)OC(C)C)cc(c1O)C2. The molecule has 4 aromatic rings. The van der Waals surface area contributed by atoms with E-state index in [9.17, 15) is 19.3 Å². The Morgan fingerprint density at radius 1 is 0.463 bits per heavy atom. The third-order valence-electron chi connectivity index (χ3n) is 8.82. The van der Waals surface area contributed by atoms with Gasteiger partial charge in [0.1, 0.15) is 23.0 Å². The van der Waals surface area contributed by atoms with Crippen LogP contribution >= 0.6 is 15.2 Å². The molecule has 0 atom stereocenters. The van der Waals surface area contributed by atoms with Gasteiger partial charge in [0.25, 0.3) is 0 Å². The molecule has 0 spiro atoms. The van der Waals surface area contributed by atoms with Crippen molar-refractivity contribution < 1.29 is 46.9 Å². The van der Waals surface area contributed by atoms with Crippen molar-refractivity contribution in [3.63, 3.8) is 0 Å². The minimum absolute atomic E-state index is 0.0463. The van der Waals surface area contributed by atoms with Crippen LogP contribution < -0.4 is 20.1 Å². The van der Waals surface area contributed by atoms with Gasteiger partial charge in [-0.3, -0.25) is 9.13 Å². The smallest absolute Gasteiger partial charge is 0.361 e. The molecule has 0 amide bonds. The zero-order valence-corrected chi connectivity index (χ0v) is 34.8. The van der Waals surface area contributed by atoms with Gasteiger partial charge in [0, 0.05) is 25.7 Å². The molecule has 0 aliphatic heterocycles. The predicted molar refractivity (Wildman–Crippen MR) is 213 cm³/mol. The summed E-state index contributed by atoms with van der Waals surface area (Å²) in [5, 5.41) is 24.5. The molecule has 292 valence electrons. The van der Waals surface area contributed by atoms with Crippen molar-refractivity contribution in [3.05, 3.63) is 105 Å². The highest BCUT2D eigenvalue weighted by atomic mass is 31.2. The molecule has 0 radical (unpaired) electrons.